The summed E-state index contributed by atoms with van der Waals surface area (Å²) in [5.74, 6) is 0.0614. The molecule has 2 aliphatic rings. The summed E-state index contributed by atoms with van der Waals surface area (Å²) in [7, 11) is 0. The van der Waals surface area contributed by atoms with E-state index >= 15 is 0 Å². The van der Waals surface area contributed by atoms with E-state index in [0.29, 0.717) is 17.6 Å². The molecule has 1 saturated heterocycles. The molecule has 26 heavy (non-hydrogen) atoms. The summed E-state index contributed by atoms with van der Waals surface area (Å²) in [4.78, 5) is 21.2. The summed E-state index contributed by atoms with van der Waals surface area (Å²) >= 11 is 1.46. The highest BCUT2D eigenvalue weighted by atomic mass is 32.1. The Balaban J connectivity index is 1.20. The monoisotopic (exact) mass is 370 g/mol. The molecule has 1 N–H and O–H groups in total. The molecule has 0 radical (unpaired) electrons. The van der Waals surface area contributed by atoms with Crippen LogP contribution >= 0.6 is 11.3 Å². The summed E-state index contributed by atoms with van der Waals surface area (Å²) in [6.07, 6.45) is 5.91. The van der Waals surface area contributed by atoms with Gasteiger partial charge in [-0.25, -0.2) is 4.98 Å². The molecule has 2 aromatic rings. The summed E-state index contributed by atoms with van der Waals surface area (Å²) in [5.41, 5.74) is 3.07. The van der Waals surface area contributed by atoms with E-state index in [1.54, 1.807) is 6.20 Å². The maximum atomic E-state index is 12.0. The Morgan fingerprint density at radius 1 is 1.19 bits per heavy atom. The predicted octanol–water partition coefficient (Wildman–Crippen LogP) is 2.65. The number of fused-ring (bicyclic) bond motifs is 1. The Morgan fingerprint density at radius 3 is 2.77 bits per heavy atom. The van der Waals surface area contributed by atoms with Crippen LogP contribution in [0.2, 0.25) is 0 Å². The van der Waals surface area contributed by atoms with Crippen LogP contribution in [0.3, 0.4) is 0 Å². The predicted molar refractivity (Wildman–Crippen MR) is 106 cm³/mol. The van der Waals surface area contributed by atoms with Crippen molar-refractivity contribution in [2.45, 2.75) is 31.7 Å². The number of hydrogen-bond donors (Lipinski definition) is 1. The van der Waals surface area contributed by atoms with Gasteiger partial charge in [-0.05, 0) is 30.4 Å². The molecule has 1 atom stereocenters. The zero-order chi connectivity index (χ0) is 17.8. The highest BCUT2D eigenvalue weighted by molar-refractivity contribution is 7.13. The Morgan fingerprint density at radius 2 is 2.00 bits per heavy atom. The summed E-state index contributed by atoms with van der Waals surface area (Å²) < 4.78 is 0. The van der Waals surface area contributed by atoms with E-state index in [9.17, 15) is 4.79 Å². The number of anilines is 1. The van der Waals surface area contributed by atoms with Crippen molar-refractivity contribution in [2.75, 3.05) is 38.0 Å². The lowest BCUT2D eigenvalue weighted by atomic mass is 9.87. The van der Waals surface area contributed by atoms with Gasteiger partial charge in [-0.2, -0.15) is 0 Å². The number of aromatic nitrogens is 1. The number of aryl methyl sites for hydroxylation is 1. The zero-order valence-electron chi connectivity index (χ0n) is 15.1. The Labute approximate surface area is 159 Å². The first kappa shape index (κ1) is 17.6. The fourth-order valence-electron chi connectivity index (χ4n) is 4.07. The molecular formula is C20H26N4OS. The lowest BCUT2D eigenvalue weighted by Crippen LogP contribution is -2.52. The summed E-state index contributed by atoms with van der Waals surface area (Å²) in [6.45, 7) is 5.17. The fourth-order valence-corrected chi connectivity index (χ4v) is 4.61. The molecule has 5 nitrogen and oxygen atoms in total. The molecule has 0 unspecified atom stereocenters. The largest absolute Gasteiger partial charge is 0.302 e. The van der Waals surface area contributed by atoms with Crippen LogP contribution in [-0.4, -0.2) is 59.5 Å². The average molecular weight is 371 g/mol. The molecule has 6 heteroatoms. The highest BCUT2D eigenvalue weighted by Gasteiger charge is 2.27. The van der Waals surface area contributed by atoms with Crippen molar-refractivity contribution in [1.82, 2.24) is 14.8 Å². The lowest BCUT2D eigenvalue weighted by Gasteiger charge is -2.41. The van der Waals surface area contributed by atoms with E-state index in [1.165, 1.54) is 41.7 Å². The highest BCUT2D eigenvalue weighted by Crippen LogP contribution is 2.25. The number of amides is 1. The molecule has 1 fully saturated rings. The first-order valence-corrected chi connectivity index (χ1v) is 10.4. The maximum absolute atomic E-state index is 12.0. The van der Waals surface area contributed by atoms with Crippen molar-refractivity contribution in [1.29, 1.82) is 0 Å². The SMILES string of the molecule is O=C(CCN1CCN([C@H]2CCc3ccccc3C2)CC1)Nc1nccs1. The lowest BCUT2D eigenvalue weighted by molar-refractivity contribution is -0.116. The van der Waals surface area contributed by atoms with Crippen molar-refractivity contribution in [3.8, 4) is 0 Å². The number of piperazine rings is 1. The number of hydrogen-bond acceptors (Lipinski definition) is 5. The second kappa shape index (κ2) is 8.29. The molecule has 1 aliphatic carbocycles. The minimum Gasteiger partial charge on any atom is -0.302 e. The topological polar surface area (TPSA) is 48.5 Å². The molecule has 0 saturated carbocycles. The van der Waals surface area contributed by atoms with Gasteiger partial charge in [-0.1, -0.05) is 24.3 Å². The maximum Gasteiger partial charge on any atom is 0.227 e. The van der Waals surface area contributed by atoms with E-state index in [0.717, 1.165) is 32.7 Å². The molecule has 1 amide bonds. The van der Waals surface area contributed by atoms with Crippen molar-refractivity contribution in [3.05, 3.63) is 47.0 Å². The smallest absolute Gasteiger partial charge is 0.227 e. The minimum atomic E-state index is 0.0614. The second-order valence-corrected chi connectivity index (χ2v) is 8.07. The van der Waals surface area contributed by atoms with Gasteiger partial charge < -0.3 is 10.2 Å². The number of nitrogens with zero attached hydrogens (tertiary/aromatic N) is 3. The molecule has 1 aliphatic heterocycles. The molecule has 0 spiro atoms. The van der Waals surface area contributed by atoms with Crippen LogP contribution in [0.25, 0.3) is 0 Å². The van der Waals surface area contributed by atoms with Crippen molar-refractivity contribution in [2.24, 2.45) is 0 Å². The quantitative estimate of drug-likeness (QED) is 0.879. The van der Waals surface area contributed by atoms with Crippen LogP contribution in [-0.2, 0) is 17.6 Å². The van der Waals surface area contributed by atoms with E-state index in [4.69, 9.17) is 0 Å². The fraction of sp³-hybridized carbons (Fsp3) is 0.500. The first-order valence-electron chi connectivity index (χ1n) is 9.50. The third-order valence-corrected chi connectivity index (χ3v) is 6.27. The van der Waals surface area contributed by atoms with Gasteiger partial charge in [-0.15, -0.1) is 11.3 Å². The molecule has 138 valence electrons. The van der Waals surface area contributed by atoms with Crippen LogP contribution < -0.4 is 5.32 Å². The Bertz CT molecular complexity index is 725. The van der Waals surface area contributed by atoms with Gasteiger partial charge in [0.15, 0.2) is 5.13 Å². The number of carbonyl (C=O) groups excluding carboxylic acids is 1. The Kier molecular flexibility index (Phi) is 5.62. The summed E-state index contributed by atoms with van der Waals surface area (Å²) in [5, 5.41) is 5.43. The van der Waals surface area contributed by atoms with E-state index in [1.807, 2.05) is 5.38 Å². The van der Waals surface area contributed by atoms with Crippen LogP contribution in [0.4, 0.5) is 5.13 Å². The van der Waals surface area contributed by atoms with Crippen LogP contribution in [0.5, 0.6) is 0 Å². The minimum absolute atomic E-state index is 0.0614. The van der Waals surface area contributed by atoms with Gasteiger partial charge in [0.05, 0.1) is 0 Å². The number of rotatable bonds is 5. The normalized spacial score (nSPS) is 21.3. The number of thiazole rings is 1. The first-order chi connectivity index (χ1) is 12.8. The number of nitrogens with one attached hydrogen (secondary N) is 1. The second-order valence-electron chi connectivity index (χ2n) is 7.18. The molecule has 1 aromatic heterocycles. The molecular weight excluding hydrogens is 344 g/mol. The van der Waals surface area contributed by atoms with Gasteiger partial charge in [0.1, 0.15) is 0 Å². The van der Waals surface area contributed by atoms with E-state index in [-0.39, 0.29) is 5.91 Å². The summed E-state index contributed by atoms with van der Waals surface area (Å²) in [6, 6.07) is 9.57. The zero-order valence-corrected chi connectivity index (χ0v) is 15.9. The molecule has 2 heterocycles. The average Bonchev–Trinajstić information content (AvgIpc) is 3.19. The van der Waals surface area contributed by atoms with E-state index in [2.05, 4.69) is 44.4 Å². The van der Waals surface area contributed by atoms with Gasteiger partial charge in [0.25, 0.3) is 0 Å². The number of benzene rings is 1. The van der Waals surface area contributed by atoms with Crippen LogP contribution in [0, 0.1) is 0 Å². The van der Waals surface area contributed by atoms with E-state index < -0.39 is 0 Å². The van der Waals surface area contributed by atoms with Gasteiger partial charge in [0, 0.05) is 56.8 Å². The van der Waals surface area contributed by atoms with Crippen LogP contribution in [0.15, 0.2) is 35.8 Å². The van der Waals surface area contributed by atoms with Gasteiger partial charge in [0.2, 0.25) is 5.91 Å². The molecule has 4 rings (SSSR count). The van der Waals surface area contributed by atoms with Crippen molar-refractivity contribution in [3.63, 3.8) is 0 Å². The Hall–Kier alpha value is -1.76. The third-order valence-electron chi connectivity index (χ3n) is 5.58. The van der Waals surface area contributed by atoms with Crippen molar-refractivity contribution < 1.29 is 4.79 Å². The van der Waals surface area contributed by atoms with Gasteiger partial charge in [-0.3, -0.25) is 9.69 Å². The van der Waals surface area contributed by atoms with Crippen LogP contribution in [0.1, 0.15) is 24.0 Å². The molecule has 1 aromatic carbocycles. The standard InChI is InChI=1S/C20H26N4OS/c25-19(22-20-21-8-14-26-20)7-9-23-10-12-24(13-11-23)18-6-5-16-3-1-2-4-17(16)15-18/h1-4,8,14,18H,5-7,9-13,15H2,(H,21,22,25)/t18-/m0/s1. The number of carbonyl (C=O) groups is 1. The third kappa shape index (κ3) is 4.31. The molecule has 0 bridgehead atoms. The van der Waals surface area contributed by atoms with Crippen molar-refractivity contribution >= 4 is 22.4 Å². The van der Waals surface area contributed by atoms with Gasteiger partial charge >= 0.3 is 0 Å².